The van der Waals surface area contributed by atoms with Crippen molar-refractivity contribution in [3.8, 4) is 5.75 Å². The Morgan fingerprint density at radius 3 is 1.66 bits per heavy atom. The van der Waals surface area contributed by atoms with Gasteiger partial charge < -0.3 is 137 Å². The first-order valence-electron chi connectivity index (χ1n) is 40.5. The second kappa shape index (κ2) is 51.6. The zero-order valence-electron chi connectivity index (χ0n) is 69.2. The predicted molar refractivity (Wildman–Crippen MR) is 425 cm³/mol. The number of hydrogen-bond donors (Lipinski definition) is 23. The number of primary amides is 2. The standard InChI is InChI=1S/C77H128N16O26/c1-10-11-12-13-14-15-16-17-18-19-20-23-47(119-77(118)39(4)22-21-29-78)34-57(104)86-61(42(7)95)71(111)83-40(5)67(107)85-50(32-45-24-26-52(99)49(31-45)84-56(103)27-25-48(79)76(116)117)68(108)88-59(38(2)3)74(114)93-37-46(98)33-51(93)69(109)89-62(43(8)96)72(112)90-63(44(9)97)75(115)92-30-28-53(100)65(92)73(113)91-64(54(101)35-55(80)102)70(110)82-36-58(105)87-60(41(6)94)66(81)106/h24,26,31,38-44,46-48,50-51,53-54,59-65,94-101H,10-23,25,27-30,32-37,78-79H2,1-9H3,(H2,80,102)(H2,81,106)(H,82,110)(H,83,111)(H,84,103)(H,85,107)(H,86,104)(H,87,105)(H,88,108)(H,89,109)(H,90,112)(H,91,113)(H,116,117)/t39-,40+,41+,42+,43+,44+,46+,47+,48-,50-,51-,53-,54+,59-,60+,61+,62+,63-,64-,65-/m0/s1. The first-order chi connectivity index (χ1) is 55.8. The van der Waals surface area contributed by atoms with Crippen LogP contribution in [0.3, 0.4) is 0 Å². The van der Waals surface area contributed by atoms with Crippen molar-refractivity contribution in [1.82, 2.24) is 57.7 Å². The van der Waals surface area contributed by atoms with Crippen molar-refractivity contribution in [3.63, 3.8) is 0 Å². The molecule has 2 fully saturated rings. The largest absolute Gasteiger partial charge is 0.506 e. The number of esters is 1. The van der Waals surface area contributed by atoms with Crippen molar-refractivity contribution < 1.29 is 127 Å². The van der Waals surface area contributed by atoms with E-state index in [0.717, 1.165) is 70.3 Å². The fourth-order valence-corrected chi connectivity index (χ4v) is 13.3. The lowest BCUT2D eigenvalue weighted by molar-refractivity contribution is -0.156. The molecule has 3 rings (SSSR count). The number of nitrogens with one attached hydrogen (secondary N) is 10. The lowest BCUT2D eigenvalue weighted by Crippen LogP contribution is -2.64. The maximum absolute atomic E-state index is 15.0. The minimum atomic E-state index is -2.16. The summed E-state index contributed by atoms with van der Waals surface area (Å²) in [5.41, 5.74) is 21.6. The van der Waals surface area contributed by atoms with Crippen LogP contribution in [0.4, 0.5) is 5.69 Å². The van der Waals surface area contributed by atoms with Crippen LogP contribution >= 0.6 is 0 Å². The average Bonchev–Trinajstić information content (AvgIpc) is 1.69. The summed E-state index contributed by atoms with van der Waals surface area (Å²) in [4.78, 5) is 218. The number of aliphatic carboxylic acids is 1. The number of aromatic hydroxyl groups is 1. The lowest BCUT2D eigenvalue weighted by Gasteiger charge is -2.34. The number of carboxylic acids is 1. The fourth-order valence-electron chi connectivity index (χ4n) is 13.3. The second-order valence-electron chi connectivity index (χ2n) is 31.1. The smallest absolute Gasteiger partial charge is 0.320 e. The number of benzene rings is 1. The number of carbonyl (C=O) groups excluding carboxylic acids is 15. The van der Waals surface area contributed by atoms with Crippen LogP contribution < -0.4 is 76.1 Å². The van der Waals surface area contributed by atoms with Gasteiger partial charge in [-0.15, -0.1) is 0 Å². The third-order valence-electron chi connectivity index (χ3n) is 20.3. The quantitative estimate of drug-likeness (QED) is 0.0164. The van der Waals surface area contributed by atoms with Crippen molar-refractivity contribution in [2.45, 2.75) is 312 Å². The van der Waals surface area contributed by atoms with Gasteiger partial charge in [0.2, 0.25) is 82.7 Å². The van der Waals surface area contributed by atoms with E-state index >= 15 is 0 Å². The van der Waals surface area contributed by atoms with Crippen LogP contribution in [-0.2, 0) is 87.9 Å². The third-order valence-corrected chi connectivity index (χ3v) is 20.3. The van der Waals surface area contributed by atoms with Crippen LogP contribution in [0.15, 0.2) is 18.2 Å². The zero-order chi connectivity index (χ0) is 89.8. The number of nitrogens with two attached hydrogens (primary N) is 4. The molecular weight excluding hydrogens is 1560 g/mol. The van der Waals surface area contributed by atoms with Gasteiger partial charge in [0.1, 0.15) is 78.3 Å². The first kappa shape index (κ1) is 103. The maximum atomic E-state index is 15.0. The molecule has 1 aromatic rings. The minimum absolute atomic E-state index is 0.107. The zero-order valence-corrected chi connectivity index (χ0v) is 69.2. The molecular formula is C77H128N16O26. The second-order valence-corrected chi connectivity index (χ2v) is 31.1. The molecule has 2 heterocycles. The average molecular weight is 1690 g/mol. The molecule has 2 aliphatic heterocycles. The van der Waals surface area contributed by atoms with E-state index in [1.165, 1.54) is 65.5 Å². The molecule has 20 atom stereocenters. The van der Waals surface area contributed by atoms with Gasteiger partial charge in [-0.25, -0.2) is 0 Å². The number of amides is 14. The van der Waals surface area contributed by atoms with Crippen LogP contribution in [0, 0.1) is 11.8 Å². The Hall–Kier alpha value is -9.82. The molecule has 0 bridgehead atoms. The number of unbranched alkanes of at least 4 members (excludes halogenated alkanes) is 10. The molecule has 0 unspecified atom stereocenters. The number of carboxylic acid groups (broad SMARTS) is 1. The summed E-state index contributed by atoms with van der Waals surface area (Å²) in [6, 6.07) is -16.2. The first-order valence-corrected chi connectivity index (χ1v) is 40.5. The van der Waals surface area contributed by atoms with E-state index in [1.54, 1.807) is 6.92 Å². The minimum Gasteiger partial charge on any atom is -0.506 e. The molecule has 0 aliphatic carbocycles. The van der Waals surface area contributed by atoms with Crippen LogP contribution in [0.5, 0.6) is 5.75 Å². The summed E-state index contributed by atoms with van der Waals surface area (Å²) in [7, 11) is 0. The van der Waals surface area contributed by atoms with E-state index < -0.39 is 279 Å². The summed E-state index contributed by atoms with van der Waals surface area (Å²) in [6.45, 7) is 10.6. The molecule has 2 saturated heterocycles. The van der Waals surface area contributed by atoms with E-state index in [1.807, 2.05) is 0 Å². The summed E-state index contributed by atoms with van der Waals surface area (Å²) in [5.74, 6) is -19.8. The molecule has 14 amide bonds. The summed E-state index contributed by atoms with van der Waals surface area (Å²) >= 11 is 0. The summed E-state index contributed by atoms with van der Waals surface area (Å²) in [5, 5.41) is 119. The Labute approximate surface area is 691 Å². The number of nitrogens with zero attached hydrogens (tertiary/aromatic N) is 2. The Morgan fingerprint density at radius 1 is 0.563 bits per heavy atom. The number of aliphatic hydroxyl groups is 7. The van der Waals surface area contributed by atoms with Gasteiger partial charge in [-0.1, -0.05) is 98.0 Å². The molecule has 2 aliphatic rings. The number of ether oxygens (including phenoxy) is 1. The molecule has 42 nitrogen and oxygen atoms in total. The van der Waals surface area contributed by atoms with Crippen molar-refractivity contribution in [2.75, 3.05) is 31.5 Å². The number of phenols is 1. The van der Waals surface area contributed by atoms with Gasteiger partial charge in [0.25, 0.3) is 0 Å². The molecule has 42 heteroatoms. The number of anilines is 1. The monoisotopic (exact) mass is 1690 g/mol. The predicted octanol–water partition coefficient (Wildman–Crippen LogP) is -5.72. The van der Waals surface area contributed by atoms with E-state index in [9.17, 15) is 123 Å². The number of rotatable bonds is 54. The van der Waals surface area contributed by atoms with Gasteiger partial charge in [0.05, 0.1) is 73.7 Å². The normalized spacial score (nSPS) is 19.3. The van der Waals surface area contributed by atoms with Crippen LogP contribution in [0.25, 0.3) is 0 Å². The summed E-state index contributed by atoms with van der Waals surface area (Å²) in [6.07, 6.45) is -3.82. The lowest BCUT2D eigenvalue weighted by atomic mass is 9.99. The van der Waals surface area contributed by atoms with Gasteiger partial charge in [0, 0.05) is 32.4 Å². The molecule has 119 heavy (non-hydrogen) atoms. The number of likely N-dealkylation sites (tertiary alicyclic amines) is 2. The highest BCUT2D eigenvalue weighted by Gasteiger charge is 2.48. The van der Waals surface area contributed by atoms with Crippen LogP contribution in [0.1, 0.15) is 196 Å². The van der Waals surface area contributed by atoms with Gasteiger partial charge in [-0.05, 0) is 103 Å². The van der Waals surface area contributed by atoms with Gasteiger partial charge in [-0.2, -0.15) is 0 Å². The van der Waals surface area contributed by atoms with Gasteiger partial charge in [0.15, 0.2) is 0 Å². The van der Waals surface area contributed by atoms with Crippen molar-refractivity contribution in [1.29, 1.82) is 0 Å². The molecule has 0 saturated carbocycles. The maximum Gasteiger partial charge on any atom is 0.320 e. The van der Waals surface area contributed by atoms with E-state index in [4.69, 9.17) is 27.7 Å². The molecule has 27 N–H and O–H groups in total. The fraction of sp³-hybridized carbons (Fsp3) is 0.714. The Balaban J connectivity index is 1.94. The Kier molecular flexibility index (Phi) is 44.8. The number of aliphatic hydroxyl groups excluding tert-OH is 7. The Morgan fingerprint density at radius 2 is 1.11 bits per heavy atom. The molecule has 1 aromatic carbocycles. The van der Waals surface area contributed by atoms with Crippen molar-refractivity contribution in [2.24, 2.45) is 34.8 Å². The van der Waals surface area contributed by atoms with E-state index in [-0.39, 0.29) is 24.1 Å². The van der Waals surface area contributed by atoms with Crippen molar-refractivity contribution >= 4 is 100 Å². The number of β-amino-alcohol motifs (C(OH)–C–C–N with tert-alkyl or cyclic N) is 1. The molecule has 0 radical (unpaired) electrons. The van der Waals surface area contributed by atoms with Gasteiger partial charge >= 0.3 is 11.9 Å². The molecule has 0 aromatic heterocycles. The number of phenolic OH excluding ortho intramolecular Hbond substituents is 1. The van der Waals surface area contributed by atoms with Crippen LogP contribution in [0.2, 0.25) is 0 Å². The van der Waals surface area contributed by atoms with E-state index in [0.29, 0.717) is 37.1 Å². The topological polar surface area (TPSA) is 695 Å². The number of carbonyl (C=O) groups is 16. The van der Waals surface area contributed by atoms with Crippen molar-refractivity contribution in [3.05, 3.63) is 23.8 Å². The molecule has 672 valence electrons. The Bertz CT molecular complexity index is 3590. The molecule has 0 spiro atoms. The summed E-state index contributed by atoms with van der Waals surface area (Å²) < 4.78 is 5.85. The SMILES string of the molecule is CCCCCCCCCCCCC[C@H](CC(=O)N[C@@H](C(=O)N[C@H](C)C(=O)N[C@@H](Cc1ccc(O)c(NC(=O)CC[C@H](N)C(=O)O)c1)C(=O)N[C@H](C(=O)N1C[C@H](O)C[C@H]1C(=O)N[C@@H](C(=O)N[C@H](C(=O)N1CC[C@H](O)[C@H]1C(=O)N[C@H](C(=O)NCC(=O)N[C@@H](C(N)=O)[C@@H](C)O)[C@H](O)CC(N)=O)[C@@H](C)O)[C@@H](C)O)C(C)C)[C@@H](C)O)OC(=O)[C@@H](C)CCCN. The highest BCUT2D eigenvalue weighted by atomic mass is 16.5. The highest BCUT2D eigenvalue weighted by Crippen LogP contribution is 2.28. The van der Waals surface area contributed by atoms with Gasteiger partial charge in [-0.3, -0.25) is 76.7 Å². The van der Waals surface area contributed by atoms with E-state index in [2.05, 4.69) is 60.1 Å². The number of hydrogen-bond acceptors (Lipinski definition) is 27. The highest BCUT2D eigenvalue weighted by molar-refractivity contribution is 6.00. The third kappa shape index (κ3) is 34.8. The van der Waals surface area contributed by atoms with Crippen LogP contribution in [-0.4, -0.2) is 292 Å².